The minimum atomic E-state index is -3.15. The summed E-state index contributed by atoms with van der Waals surface area (Å²) in [5.74, 6) is 0.368. The Morgan fingerprint density at radius 2 is 1.67 bits per heavy atom. The number of nitrogens with one attached hydrogen (secondary N) is 1. The predicted octanol–water partition coefficient (Wildman–Crippen LogP) is 2.68. The molecule has 2 aromatic rings. The normalized spacial score (nSPS) is 12.2. The van der Waals surface area contributed by atoms with E-state index < -0.39 is 9.84 Å². The molecule has 128 valence electrons. The number of guanidine groups is 1. The number of nitrogens with two attached hydrogens (primary N) is 1. The van der Waals surface area contributed by atoms with Crippen molar-refractivity contribution in [1.82, 2.24) is 0 Å². The van der Waals surface area contributed by atoms with Crippen LogP contribution in [0.1, 0.15) is 16.7 Å². The third-order valence-corrected chi connectivity index (χ3v) is 4.66. The lowest BCUT2D eigenvalue weighted by Gasteiger charge is -2.08. The van der Waals surface area contributed by atoms with Gasteiger partial charge >= 0.3 is 0 Å². The zero-order valence-corrected chi connectivity index (χ0v) is 15.0. The van der Waals surface area contributed by atoms with Crippen molar-refractivity contribution in [3.05, 3.63) is 59.2 Å². The summed E-state index contributed by atoms with van der Waals surface area (Å²) in [6, 6.07) is 13.0. The second kappa shape index (κ2) is 7.49. The third kappa shape index (κ3) is 5.38. The van der Waals surface area contributed by atoms with Crippen LogP contribution in [-0.4, -0.2) is 27.2 Å². The van der Waals surface area contributed by atoms with Crippen molar-refractivity contribution in [1.29, 1.82) is 0 Å². The average Bonchev–Trinajstić information content (AvgIpc) is 2.45. The molecule has 0 saturated heterocycles. The van der Waals surface area contributed by atoms with Crippen molar-refractivity contribution in [2.24, 2.45) is 10.7 Å². The molecule has 2 rings (SSSR count). The molecule has 0 aliphatic rings. The Balaban J connectivity index is 1.93. The van der Waals surface area contributed by atoms with Crippen molar-refractivity contribution in [3.63, 3.8) is 0 Å². The van der Waals surface area contributed by atoms with E-state index in [0.717, 1.165) is 22.4 Å². The quantitative estimate of drug-likeness (QED) is 0.644. The number of hydrogen-bond donors (Lipinski definition) is 2. The highest BCUT2D eigenvalue weighted by atomic mass is 32.2. The molecule has 0 atom stereocenters. The van der Waals surface area contributed by atoms with E-state index in [1.54, 1.807) is 24.3 Å². The van der Waals surface area contributed by atoms with Crippen LogP contribution in [0.3, 0.4) is 0 Å². The molecule has 0 fully saturated rings. The number of hydrogen-bond acceptors (Lipinski definition) is 3. The zero-order chi connectivity index (χ0) is 17.7. The number of aryl methyl sites for hydroxylation is 2. The van der Waals surface area contributed by atoms with Gasteiger partial charge in [-0.3, -0.25) is 4.99 Å². The highest BCUT2D eigenvalue weighted by Gasteiger charge is 2.05. The van der Waals surface area contributed by atoms with E-state index in [4.69, 9.17) is 5.73 Å². The van der Waals surface area contributed by atoms with Crippen LogP contribution < -0.4 is 11.1 Å². The SMILES string of the molecule is Cc1cc(C)cc(NC(N)=NCCc2ccc(S(C)(=O)=O)cc2)c1. The van der Waals surface area contributed by atoms with Gasteiger partial charge in [-0.15, -0.1) is 0 Å². The first-order chi connectivity index (χ1) is 11.2. The molecule has 24 heavy (non-hydrogen) atoms. The van der Waals surface area contributed by atoms with Gasteiger partial charge in [-0.2, -0.15) is 0 Å². The molecule has 0 aliphatic carbocycles. The van der Waals surface area contributed by atoms with Crippen LogP contribution in [0.4, 0.5) is 5.69 Å². The second-order valence-corrected chi connectivity index (χ2v) is 7.95. The average molecular weight is 345 g/mol. The maximum Gasteiger partial charge on any atom is 0.193 e. The summed E-state index contributed by atoms with van der Waals surface area (Å²) in [6.45, 7) is 4.60. The minimum Gasteiger partial charge on any atom is -0.370 e. The molecule has 0 bridgehead atoms. The van der Waals surface area contributed by atoms with Crippen LogP contribution in [0.15, 0.2) is 52.4 Å². The van der Waals surface area contributed by atoms with Gasteiger partial charge in [0.05, 0.1) is 4.90 Å². The van der Waals surface area contributed by atoms with Crippen molar-refractivity contribution >= 4 is 21.5 Å². The van der Waals surface area contributed by atoms with Crippen molar-refractivity contribution in [2.75, 3.05) is 18.1 Å². The minimum absolute atomic E-state index is 0.325. The second-order valence-electron chi connectivity index (χ2n) is 5.93. The number of nitrogens with zero attached hydrogens (tertiary/aromatic N) is 1. The summed E-state index contributed by atoms with van der Waals surface area (Å²) in [7, 11) is -3.15. The first-order valence-electron chi connectivity index (χ1n) is 7.68. The predicted molar refractivity (Wildman–Crippen MR) is 99.3 cm³/mol. The molecule has 2 aromatic carbocycles. The van der Waals surface area contributed by atoms with Crippen molar-refractivity contribution in [3.8, 4) is 0 Å². The molecule has 0 radical (unpaired) electrons. The van der Waals surface area contributed by atoms with Crippen LogP contribution in [0, 0.1) is 13.8 Å². The summed E-state index contributed by atoms with van der Waals surface area (Å²) >= 11 is 0. The van der Waals surface area contributed by atoms with Gasteiger partial charge in [0.25, 0.3) is 0 Å². The zero-order valence-electron chi connectivity index (χ0n) is 14.2. The Morgan fingerprint density at radius 3 is 2.21 bits per heavy atom. The molecule has 0 unspecified atom stereocenters. The highest BCUT2D eigenvalue weighted by Crippen LogP contribution is 2.13. The molecular formula is C18H23N3O2S. The van der Waals surface area contributed by atoms with Crippen molar-refractivity contribution < 1.29 is 8.42 Å². The first kappa shape index (κ1) is 18.0. The highest BCUT2D eigenvalue weighted by molar-refractivity contribution is 7.90. The maximum atomic E-state index is 11.4. The lowest BCUT2D eigenvalue weighted by atomic mass is 10.1. The number of sulfone groups is 1. The van der Waals surface area contributed by atoms with Crippen LogP contribution in [0.5, 0.6) is 0 Å². The van der Waals surface area contributed by atoms with Crippen molar-refractivity contribution in [2.45, 2.75) is 25.2 Å². The van der Waals surface area contributed by atoms with E-state index >= 15 is 0 Å². The monoisotopic (exact) mass is 345 g/mol. The number of anilines is 1. The van der Waals surface area contributed by atoms with E-state index in [-0.39, 0.29) is 0 Å². The smallest absolute Gasteiger partial charge is 0.193 e. The van der Waals surface area contributed by atoms with Gasteiger partial charge < -0.3 is 11.1 Å². The van der Waals surface area contributed by atoms with Crippen LogP contribution in [0.25, 0.3) is 0 Å². The summed E-state index contributed by atoms with van der Waals surface area (Å²) in [5.41, 5.74) is 10.2. The van der Waals surface area contributed by atoms with Gasteiger partial charge in [0, 0.05) is 18.5 Å². The van der Waals surface area contributed by atoms with E-state index in [2.05, 4.69) is 16.4 Å². The van der Waals surface area contributed by atoms with Crippen LogP contribution in [-0.2, 0) is 16.3 Å². The molecule has 6 heteroatoms. The molecule has 0 amide bonds. The lowest BCUT2D eigenvalue weighted by Crippen LogP contribution is -2.23. The Labute approximate surface area is 143 Å². The Bertz CT molecular complexity index is 821. The van der Waals surface area contributed by atoms with Gasteiger partial charge in [0.1, 0.15) is 0 Å². The molecule has 0 saturated carbocycles. The molecule has 0 heterocycles. The number of aliphatic imine (C=N–C) groups is 1. The summed E-state index contributed by atoms with van der Waals surface area (Å²) in [6.07, 6.45) is 1.89. The number of benzene rings is 2. The Morgan fingerprint density at radius 1 is 1.08 bits per heavy atom. The van der Waals surface area contributed by atoms with E-state index in [0.29, 0.717) is 23.8 Å². The van der Waals surface area contributed by atoms with Gasteiger partial charge in [-0.25, -0.2) is 8.42 Å². The first-order valence-corrected chi connectivity index (χ1v) is 9.57. The van der Waals surface area contributed by atoms with E-state index in [1.807, 2.05) is 26.0 Å². The Hall–Kier alpha value is -2.34. The molecule has 0 aromatic heterocycles. The van der Waals surface area contributed by atoms with Gasteiger partial charge in [-0.05, 0) is 61.2 Å². The maximum absolute atomic E-state index is 11.4. The summed E-state index contributed by atoms with van der Waals surface area (Å²) in [4.78, 5) is 4.64. The molecule has 0 aliphatic heterocycles. The standard InChI is InChI=1S/C18H23N3O2S/c1-13-10-14(2)12-16(11-13)21-18(19)20-9-8-15-4-6-17(7-5-15)24(3,22)23/h4-7,10-12H,8-9H2,1-3H3,(H3,19,20,21). The molecule has 3 N–H and O–H groups in total. The Kier molecular flexibility index (Phi) is 5.62. The lowest BCUT2D eigenvalue weighted by molar-refractivity contribution is 0.602. The third-order valence-electron chi connectivity index (χ3n) is 3.53. The fourth-order valence-corrected chi connectivity index (χ4v) is 3.07. The van der Waals surface area contributed by atoms with Crippen LogP contribution in [0.2, 0.25) is 0 Å². The fraction of sp³-hybridized carbons (Fsp3) is 0.278. The largest absolute Gasteiger partial charge is 0.370 e. The van der Waals surface area contributed by atoms with Gasteiger partial charge in [0.2, 0.25) is 0 Å². The topological polar surface area (TPSA) is 84.5 Å². The molecular weight excluding hydrogens is 322 g/mol. The fourth-order valence-electron chi connectivity index (χ4n) is 2.44. The van der Waals surface area contributed by atoms with Gasteiger partial charge in [0.15, 0.2) is 15.8 Å². The van der Waals surface area contributed by atoms with E-state index in [9.17, 15) is 8.42 Å². The van der Waals surface area contributed by atoms with Crippen LogP contribution >= 0.6 is 0 Å². The summed E-state index contributed by atoms with van der Waals surface area (Å²) < 4.78 is 22.8. The number of rotatable bonds is 5. The van der Waals surface area contributed by atoms with Gasteiger partial charge in [-0.1, -0.05) is 18.2 Å². The van der Waals surface area contributed by atoms with E-state index in [1.165, 1.54) is 6.26 Å². The summed E-state index contributed by atoms with van der Waals surface area (Å²) in [5, 5.41) is 3.09. The molecule has 5 nitrogen and oxygen atoms in total. The molecule has 0 spiro atoms.